The van der Waals surface area contributed by atoms with Crippen LogP contribution in [0, 0.1) is 6.42 Å². The first-order valence-corrected chi connectivity index (χ1v) is 2.72. The molecule has 0 bridgehead atoms. The summed E-state index contributed by atoms with van der Waals surface area (Å²) in [5.74, 6) is 0. The molecule has 0 aromatic rings. The molecule has 6 heavy (non-hydrogen) atoms. The lowest BCUT2D eigenvalue weighted by atomic mass is 9.98. The first-order chi connectivity index (χ1) is 2.71. The molecule has 0 N–H and O–H groups in total. The van der Waals surface area contributed by atoms with Crippen molar-refractivity contribution in [2.75, 3.05) is 0 Å². The van der Waals surface area contributed by atoms with Crippen LogP contribution in [-0.2, 0) is 0 Å². The molecule has 1 fully saturated rings. The third-order valence-electron chi connectivity index (χ3n) is 0.921. The third-order valence-corrected chi connectivity index (χ3v) is 1.64. The summed E-state index contributed by atoms with van der Waals surface area (Å²) in [7, 11) is 0. The maximum atomic E-state index is 12.1. The van der Waals surface area contributed by atoms with Crippen LogP contribution in [-0.4, -0.2) is 4.58 Å². The van der Waals surface area contributed by atoms with Crippen molar-refractivity contribution in [2.24, 2.45) is 0 Å². The molecule has 0 aromatic carbocycles. The quantitative estimate of drug-likeness (QED) is 0.466. The highest BCUT2D eigenvalue weighted by Crippen LogP contribution is 2.39. The van der Waals surface area contributed by atoms with Gasteiger partial charge in [0.15, 0.2) is 4.58 Å². The minimum absolute atomic E-state index is 0.646. The predicted molar refractivity (Wildman–Crippen MR) is 26.3 cm³/mol. The SMILES string of the molecule is FC1(Br)[CH]CC1. The van der Waals surface area contributed by atoms with Crippen molar-refractivity contribution in [3.8, 4) is 0 Å². The van der Waals surface area contributed by atoms with Crippen molar-refractivity contribution in [3.05, 3.63) is 6.42 Å². The molecular weight excluding hydrogens is 147 g/mol. The first-order valence-electron chi connectivity index (χ1n) is 1.93. The van der Waals surface area contributed by atoms with E-state index in [9.17, 15) is 4.39 Å². The highest BCUT2D eigenvalue weighted by Gasteiger charge is 2.33. The summed E-state index contributed by atoms with van der Waals surface area (Å²) in [5.41, 5.74) is 0. The lowest BCUT2D eigenvalue weighted by Crippen LogP contribution is -2.23. The topological polar surface area (TPSA) is 0 Å². The Morgan fingerprint density at radius 2 is 2.17 bits per heavy atom. The molecule has 1 unspecified atom stereocenters. The van der Waals surface area contributed by atoms with Gasteiger partial charge in [-0.1, -0.05) is 0 Å². The summed E-state index contributed by atoms with van der Waals surface area (Å²) in [6.07, 6.45) is 3.18. The zero-order chi connectivity index (χ0) is 4.62. The molecule has 0 saturated heterocycles. The summed E-state index contributed by atoms with van der Waals surface area (Å²) in [6.45, 7) is 0. The molecule has 1 aliphatic carbocycles. The van der Waals surface area contributed by atoms with Crippen molar-refractivity contribution < 1.29 is 4.39 Å². The van der Waals surface area contributed by atoms with Gasteiger partial charge in [-0.15, -0.1) is 0 Å². The molecule has 1 aliphatic rings. The van der Waals surface area contributed by atoms with E-state index in [0.717, 1.165) is 6.42 Å². The van der Waals surface area contributed by atoms with Gasteiger partial charge in [-0.25, -0.2) is 4.39 Å². The predicted octanol–water partition coefficient (Wildman–Crippen LogP) is 2.05. The molecule has 0 aliphatic heterocycles. The second-order valence-corrected chi connectivity index (χ2v) is 2.82. The van der Waals surface area contributed by atoms with Crippen LogP contribution in [0.1, 0.15) is 12.8 Å². The second kappa shape index (κ2) is 1.19. The molecule has 35 valence electrons. The van der Waals surface area contributed by atoms with Gasteiger partial charge in [0.25, 0.3) is 0 Å². The van der Waals surface area contributed by atoms with Gasteiger partial charge in [0, 0.05) is 6.42 Å². The van der Waals surface area contributed by atoms with E-state index in [0.29, 0.717) is 6.42 Å². The van der Waals surface area contributed by atoms with Crippen LogP contribution in [0.15, 0.2) is 0 Å². The standard InChI is InChI=1S/C4H5BrF/c5-4(6)2-1-3-4/h2H,1,3H2. The molecule has 2 heteroatoms. The summed E-state index contributed by atoms with van der Waals surface area (Å²) in [4.78, 5) is 0. The van der Waals surface area contributed by atoms with E-state index in [1.807, 2.05) is 0 Å². The summed E-state index contributed by atoms with van der Waals surface area (Å²) in [6, 6.07) is 0. The molecule has 1 saturated carbocycles. The number of hydrogen-bond acceptors (Lipinski definition) is 0. The number of rotatable bonds is 0. The number of alkyl halides is 2. The van der Waals surface area contributed by atoms with E-state index in [2.05, 4.69) is 15.9 Å². The van der Waals surface area contributed by atoms with Crippen LogP contribution < -0.4 is 0 Å². The monoisotopic (exact) mass is 151 g/mol. The maximum absolute atomic E-state index is 12.1. The fraction of sp³-hybridized carbons (Fsp3) is 0.750. The highest BCUT2D eigenvalue weighted by atomic mass is 79.9. The van der Waals surface area contributed by atoms with Crippen molar-refractivity contribution in [3.63, 3.8) is 0 Å². The van der Waals surface area contributed by atoms with Gasteiger partial charge in [-0.05, 0) is 28.8 Å². The van der Waals surface area contributed by atoms with Crippen molar-refractivity contribution in [1.29, 1.82) is 0 Å². The Bertz CT molecular complexity index is 54.6. The molecule has 0 amide bonds. The van der Waals surface area contributed by atoms with Crippen LogP contribution in [0.3, 0.4) is 0 Å². The molecule has 1 radical (unpaired) electrons. The van der Waals surface area contributed by atoms with E-state index in [1.54, 1.807) is 6.42 Å². The average Bonchev–Trinajstić information content (AvgIpc) is 1.32. The van der Waals surface area contributed by atoms with Gasteiger partial charge in [-0.2, -0.15) is 0 Å². The Labute approximate surface area is 44.9 Å². The first kappa shape index (κ1) is 4.57. The highest BCUT2D eigenvalue weighted by molar-refractivity contribution is 9.10. The van der Waals surface area contributed by atoms with Gasteiger partial charge >= 0.3 is 0 Å². The average molecular weight is 152 g/mol. The summed E-state index contributed by atoms with van der Waals surface area (Å²) >= 11 is 2.84. The van der Waals surface area contributed by atoms with Crippen molar-refractivity contribution in [1.82, 2.24) is 0 Å². The van der Waals surface area contributed by atoms with Crippen LogP contribution in [0.4, 0.5) is 4.39 Å². The van der Waals surface area contributed by atoms with Gasteiger partial charge in [0.05, 0.1) is 0 Å². The normalized spacial score (nSPS) is 29.0. The van der Waals surface area contributed by atoms with Crippen LogP contribution >= 0.6 is 15.9 Å². The molecule has 1 atom stereocenters. The fourth-order valence-electron chi connectivity index (χ4n) is 0.363. The molecule has 0 heterocycles. The van der Waals surface area contributed by atoms with E-state index >= 15 is 0 Å². The Morgan fingerprint density at radius 3 is 2.17 bits per heavy atom. The third kappa shape index (κ3) is 0.725. The zero-order valence-electron chi connectivity index (χ0n) is 3.25. The number of hydrogen-bond donors (Lipinski definition) is 0. The van der Waals surface area contributed by atoms with Crippen LogP contribution in [0.5, 0.6) is 0 Å². The molecule has 0 nitrogen and oxygen atoms in total. The maximum Gasteiger partial charge on any atom is 0.168 e. The molecule has 0 aromatic heterocycles. The Hall–Kier alpha value is 0.410. The Morgan fingerprint density at radius 1 is 1.83 bits per heavy atom. The van der Waals surface area contributed by atoms with Crippen molar-refractivity contribution >= 4 is 15.9 Å². The molecule has 1 rings (SSSR count). The second-order valence-electron chi connectivity index (χ2n) is 1.50. The van der Waals surface area contributed by atoms with E-state index < -0.39 is 4.58 Å². The largest absolute Gasteiger partial charge is 0.231 e. The lowest BCUT2D eigenvalue weighted by molar-refractivity contribution is 0.255. The van der Waals surface area contributed by atoms with Crippen molar-refractivity contribution in [2.45, 2.75) is 17.4 Å². The summed E-state index contributed by atoms with van der Waals surface area (Å²) in [5, 5.41) is 0. The van der Waals surface area contributed by atoms with Crippen LogP contribution in [0.2, 0.25) is 0 Å². The fourth-order valence-corrected chi connectivity index (χ4v) is 0.820. The van der Waals surface area contributed by atoms with E-state index in [1.165, 1.54) is 0 Å². The summed E-state index contributed by atoms with van der Waals surface area (Å²) < 4.78 is 11.0. The van der Waals surface area contributed by atoms with Gasteiger partial charge < -0.3 is 0 Å². The molecular formula is C4H5BrF. The zero-order valence-corrected chi connectivity index (χ0v) is 4.83. The molecule has 0 spiro atoms. The smallest absolute Gasteiger partial charge is 0.168 e. The Kier molecular flexibility index (Phi) is 0.904. The van der Waals surface area contributed by atoms with Gasteiger partial charge in [0.2, 0.25) is 0 Å². The van der Waals surface area contributed by atoms with Gasteiger partial charge in [0.1, 0.15) is 0 Å². The number of halogens is 2. The van der Waals surface area contributed by atoms with E-state index in [4.69, 9.17) is 0 Å². The minimum Gasteiger partial charge on any atom is -0.231 e. The Balaban J connectivity index is 2.31. The van der Waals surface area contributed by atoms with Crippen LogP contribution in [0.25, 0.3) is 0 Å². The van der Waals surface area contributed by atoms with Gasteiger partial charge in [-0.3, -0.25) is 0 Å². The van der Waals surface area contributed by atoms with E-state index in [-0.39, 0.29) is 0 Å². The lowest BCUT2D eigenvalue weighted by Gasteiger charge is -2.25. The minimum atomic E-state index is -1.09.